The van der Waals surface area contributed by atoms with Crippen LogP contribution in [0.2, 0.25) is 5.02 Å². The first-order chi connectivity index (χ1) is 13.6. The highest BCUT2D eigenvalue weighted by Gasteiger charge is 2.31. The molecule has 1 saturated heterocycles. The van der Waals surface area contributed by atoms with Crippen molar-refractivity contribution >= 4 is 17.5 Å². The maximum absolute atomic E-state index is 13.0. The van der Waals surface area contributed by atoms with Crippen LogP contribution in [-0.2, 0) is 9.53 Å². The minimum absolute atomic E-state index is 0.00648. The molecule has 4 rings (SSSR count). The van der Waals surface area contributed by atoms with Gasteiger partial charge in [-0.25, -0.2) is 0 Å². The zero-order chi connectivity index (χ0) is 19.5. The lowest BCUT2D eigenvalue weighted by atomic mass is 10.00. The summed E-state index contributed by atoms with van der Waals surface area (Å²) in [5.74, 6) is 0.902. The predicted octanol–water partition coefficient (Wildman–Crippen LogP) is 3.74. The van der Waals surface area contributed by atoms with Crippen LogP contribution in [0.3, 0.4) is 0 Å². The number of benzene rings is 2. The van der Waals surface area contributed by atoms with Crippen LogP contribution in [0.25, 0.3) is 0 Å². The van der Waals surface area contributed by atoms with Gasteiger partial charge in [-0.1, -0.05) is 41.9 Å². The molecular formula is C22H25ClN2O3. The molecule has 1 fully saturated rings. The lowest BCUT2D eigenvalue weighted by Gasteiger charge is -2.37. The van der Waals surface area contributed by atoms with E-state index in [0.29, 0.717) is 24.8 Å². The third-order valence-corrected chi connectivity index (χ3v) is 5.79. The van der Waals surface area contributed by atoms with Gasteiger partial charge in [-0.15, -0.1) is 0 Å². The summed E-state index contributed by atoms with van der Waals surface area (Å²) in [7, 11) is 0. The monoisotopic (exact) mass is 400 g/mol. The second-order valence-corrected chi connectivity index (χ2v) is 7.75. The number of morpholine rings is 1. The van der Waals surface area contributed by atoms with Crippen LogP contribution in [0.5, 0.6) is 5.75 Å². The minimum atomic E-state index is -0.228. The molecule has 0 spiro atoms. The fourth-order valence-corrected chi connectivity index (χ4v) is 3.98. The summed E-state index contributed by atoms with van der Waals surface area (Å²) in [5, 5.41) is 3.92. The van der Waals surface area contributed by atoms with Gasteiger partial charge in [0.05, 0.1) is 31.4 Å². The molecule has 0 bridgehead atoms. The molecule has 0 aromatic heterocycles. The molecule has 2 aliphatic heterocycles. The van der Waals surface area contributed by atoms with Crippen molar-refractivity contribution in [2.75, 3.05) is 26.3 Å². The van der Waals surface area contributed by atoms with E-state index in [9.17, 15) is 4.79 Å². The molecule has 1 amide bonds. The second-order valence-electron chi connectivity index (χ2n) is 7.32. The highest BCUT2D eigenvalue weighted by atomic mass is 35.5. The minimum Gasteiger partial charge on any atom is -0.493 e. The molecule has 0 aliphatic carbocycles. The summed E-state index contributed by atoms with van der Waals surface area (Å²) >= 11 is 5.99. The van der Waals surface area contributed by atoms with E-state index < -0.39 is 0 Å². The van der Waals surface area contributed by atoms with Crippen molar-refractivity contribution in [2.24, 2.45) is 0 Å². The van der Waals surface area contributed by atoms with Crippen LogP contribution >= 0.6 is 11.6 Å². The molecule has 148 valence electrons. The molecule has 2 heterocycles. The Labute approximate surface area is 170 Å². The van der Waals surface area contributed by atoms with Crippen LogP contribution in [0.4, 0.5) is 0 Å². The first-order valence-corrected chi connectivity index (χ1v) is 10.1. The largest absolute Gasteiger partial charge is 0.493 e. The van der Waals surface area contributed by atoms with Gasteiger partial charge in [0.25, 0.3) is 0 Å². The fourth-order valence-electron chi connectivity index (χ4n) is 3.85. The Balaban J connectivity index is 1.40. The summed E-state index contributed by atoms with van der Waals surface area (Å²) in [4.78, 5) is 15.1. The highest BCUT2D eigenvalue weighted by Crippen LogP contribution is 2.32. The molecule has 2 aromatic carbocycles. The third-order valence-electron chi connectivity index (χ3n) is 5.54. The Kier molecular flexibility index (Phi) is 5.85. The molecule has 0 unspecified atom stereocenters. The van der Waals surface area contributed by atoms with Crippen LogP contribution in [0.15, 0.2) is 48.5 Å². The summed E-state index contributed by atoms with van der Waals surface area (Å²) in [6.45, 7) is 4.60. The number of carbonyl (C=O) groups excluding carboxylic acids is 1. The molecule has 5 nitrogen and oxygen atoms in total. The quantitative estimate of drug-likeness (QED) is 0.849. The number of ether oxygens (including phenoxy) is 2. The number of nitrogens with one attached hydrogen (secondary N) is 1. The van der Waals surface area contributed by atoms with Crippen LogP contribution in [0.1, 0.15) is 36.6 Å². The smallest absolute Gasteiger partial charge is 0.237 e. The molecular weight excluding hydrogens is 376 g/mol. The van der Waals surface area contributed by atoms with Gasteiger partial charge in [0, 0.05) is 30.1 Å². The van der Waals surface area contributed by atoms with E-state index in [0.717, 1.165) is 29.8 Å². The van der Waals surface area contributed by atoms with Gasteiger partial charge in [0.1, 0.15) is 5.75 Å². The van der Waals surface area contributed by atoms with Crippen LogP contribution in [-0.4, -0.2) is 43.2 Å². The Morgan fingerprint density at radius 2 is 1.96 bits per heavy atom. The molecule has 28 heavy (non-hydrogen) atoms. The highest BCUT2D eigenvalue weighted by molar-refractivity contribution is 6.30. The van der Waals surface area contributed by atoms with E-state index in [1.807, 2.05) is 55.5 Å². The zero-order valence-electron chi connectivity index (χ0n) is 15.9. The van der Waals surface area contributed by atoms with E-state index in [2.05, 4.69) is 10.2 Å². The number of halogens is 1. The maximum atomic E-state index is 13.0. The number of amides is 1. The molecule has 1 N–H and O–H groups in total. The summed E-state index contributed by atoms with van der Waals surface area (Å²) in [5.41, 5.74) is 2.13. The van der Waals surface area contributed by atoms with Crippen molar-refractivity contribution in [1.82, 2.24) is 10.2 Å². The molecule has 2 aromatic rings. The Bertz CT molecular complexity index is 827. The molecule has 3 atom stereocenters. The van der Waals surface area contributed by atoms with Crippen molar-refractivity contribution in [3.8, 4) is 5.75 Å². The standard InChI is InChI=1S/C22H25ClN2O3/c1-15(22(26)24-19-10-12-27-20-5-3-2-4-18(19)20)25-11-13-28-21(14-25)16-6-8-17(23)9-7-16/h2-9,15,19,21H,10-14H2,1H3,(H,24,26)/t15-,19-,21-/m1/s1. The SMILES string of the molecule is C[C@H](C(=O)N[C@@H]1CCOc2ccccc21)N1CCO[C@@H](c2ccc(Cl)cc2)C1. The Morgan fingerprint density at radius 1 is 1.18 bits per heavy atom. The van der Waals surface area contributed by atoms with Crippen molar-refractivity contribution in [3.05, 3.63) is 64.7 Å². The van der Waals surface area contributed by atoms with Crippen molar-refractivity contribution in [1.29, 1.82) is 0 Å². The average molecular weight is 401 g/mol. The number of fused-ring (bicyclic) bond motifs is 1. The number of para-hydroxylation sites is 1. The number of carbonyl (C=O) groups is 1. The van der Waals surface area contributed by atoms with E-state index >= 15 is 0 Å². The van der Waals surface area contributed by atoms with Gasteiger partial charge in [-0.3, -0.25) is 9.69 Å². The van der Waals surface area contributed by atoms with Crippen molar-refractivity contribution in [2.45, 2.75) is 31.5 Å². The van der Waals surface area contributed by atoms with Gasteiger partial charge in [-0.05, 0) is 30.7 Å². The average Bonchev–Trinajstić information content (AvgIpc) is 2.74. The number of rotatable bonds is 4. The van der Waals surface area contributed by atoms with E-state index in [-0.39, 0.29) is 24.1 Å². The molecule has 0 saturated carbocycles. The van der Waals surface area contributed by atoms with Crippen LogP contribution < -0.4 is 10.1 Å². The lowest BCUT2D eigenvalue weighted by molar-refractivity contribution is -0.130. The van der Waals surface area contributed by atoms with Gasteiger partial charge >= 0.3 is 0 Å². The molecule has 6 heteroatoms. The van der Waals surface area contributed by atoms with E-state index in [1.54, 1.807) is 0 Å². The van der Waals surface area contributed by atoms with Gasteiger partial charge < -0.3 is 14.8 Å². The normalized spacial score (nSPS) is 23.4. The van der Waals surface area contributed by atoms with Gasteiger partial charge in [0.15, 0.2) is 0 Å². The first-order valence-electron chi connectivity index (χ1n) is 9.75. The summed E-state index contributed by atoms with van der Waals surface area (Å²) < 4.78 is 11.6. The van der Waals surface area contributed by atoms with E-state index in [1.165, 1.54) is 0 Å². The van der Waals surface area contributed by atoms with Crippen LogP contribution in [0, 0.1) is 0 Å². The second kappa shape index (κ2) is 8.52. The number of hydrogen-bond donors (Lipinski definition) is 1. The predicted molar refractivity (Wildman–Crippen MR) is 109 cm³/mol. The Hall–Kier alpha value is -2.08. The molecule has 2 aliphatic rings. The summed E-state index contributed by atoms with van der Waals surface area (Å²) in [6, 6.07) is 15.4. The van der Waals surface area contributed by atoms with Gasteiger partial charge in [-0.2, -0.15) is 0 Å². The van der Waals surface area contributed by atoms with Crippen molar-refractivity contribution < 1.29 is 14.3 Å². The Morgan fingerprint density at radius 3 is 2.79 bits per heavy atom. The lowest BCUT2D eigenvalue weighted by Crippen LogP contribution is -2.51. The zero-order valence-corrected chi connectivity index (χ0v) is 16.7. The number of hydrogen-bond acceptors (Lipinski definition) is 4. The summed E-state index contributed by atoms with van der Waals surface area (Å²) in [6.07, 6.45) is 0.733. The number of nitrogens with zero attached hydrogens (tertiary/aromatic N) is 1. The third kappa shape index (κ3) is 4.17. The first kappa shape index (κ1) is 19.2. The van der Waals surface area contributed by atoms with E-state index in [4.69, 9.17) is 21.1 Å². The topological polar surface area (TPSA) is 50.8 Å². The fraction of sp³-hybridized carbons (Fsp3) is 0.409. The van der Waals surface area contributed by atoms with Gasteiger partial charge in [0.2, 0.25) is 5.91 Å². The molecule has 0 radical (unpaired) electrons. The maximum Gasteiger partial charge on any atom is 0.237 e. The van der Waals surface area contributed by atoms with Crippen molar-refractivity contribution in [3.63, 3.8) is 0 Å².